The Kier molecular flexibility index (Phi) is 17.9. The summed E-state index contributed by atoms with van der Waals surface area (Å²) in [6.45, 7) is 4.27. The predicted octanol–water partition coefficient (Wildman–Crippen LogP) is 7.75. The molecule has 0 aliphatic heterocycles. The molecule has 0 unspecified atom stereocenters. The summed E-state index contributed by atoms with van der Waals surface area (Å²) < 4.78 is 76.3. The number of ether oxygens (including phenoxy) is 2. The van der Waals surface area contributed by atoms with Crippen LogP contribution < -0.4 is 14.6 Å². The Balaban J connectivity index is 0.000000333. The summed E-state index contributed by atoms with van der Waals surface area (Å²) in [6, 6.07) is 20.5. The minimum absolute atomic E-state index is 0. The quantitative estimate of drug-likeness (QED) is 0.0657. The van der Waals surface area contributed by atoms with E-state index >= 15 is 0 Å². The third kappa shape index (κ3) is 14.9. The van der Waals surface area contributed by atoms with Crippen molar-refractivity contribution in [3.8, 4) is 34.5 Å². The van der Waals surface area contributed by atoms with Gasteiger partial charge in [0, 0.05) is 6.07 Å². The van der Waals surface area contributed by atoms with E-state index in [4.69, 9.17) is 14.0 Å². The molecule has 0 bridgehead atoms. The first-order chi connectivity index (χ1) is 22.8. The van der Waals surface area contributed by atoms with E-state index in [0.29, 0.717) is 23.7 Å². The van der Waals surface area contributed by atoms with Crippen LogP contribution in [0.25, 0.3) is 0 Å². The molecule has 0 aliphatic rings. The van der Waals surface area contributed by atoms with Crippen molar-refractivity contribution in [1.82, 2.24) is 0 Å². The maximum absolute atomic E-state index is 11.6. The fraction of sp³-hybridized carbons (Fsp3) is 0.333. The fourth-order valence-corrected chi connectivity index (χ4v) is 5.86. The van der Waals surface area contributed by atoms with Crippen molar-refractivity contribution in [3.63, 3.8) is 0 Å². The van der Waals surface area contributed by atoms with Gasteiger partial charge in [-0.3, -0.25) is 4.55 Å². The molecule has 13 heteroatoms. The first-order valence-corrected chi connectivity index (χ1v) is 18.8. The number of unbranched alkanes of at least 4 members (excludes halogenated alkanes) is 6. The summed E-state index contributed by atoms with van der Waals surface area (Å²) >= 11 is 0. The molecular weight excluding hydrogens is 697 g/mol. The monoisotopic (exact) mass is 738 g/mol. The number of phenols is 1. The van der Waals surface area contributed by atoms with Crippen molar-refractivity contribution >= 4 is 58.0 Å². The van der Waals surface area contributed by atoms with Crippen LogP contribution in [0.2, 0.25) is 0 Å². The van der Waals surface area contributed by atoms with Crippen molar-refractivity contribution in [1.29, 1.82) is 0 Å². The van der Waals surface area contributed by atoms with Crippen LogP contribution in [0.4, 0.5) is 0 Å². The van der Waals surface area contributed by atoms with E-state index < -0.39 is 20.2 Å². The zero-order valence-corrected chi connectivity index (χ0v) is 31.7. The molecule has 4 aromatic rings. The Morgan fingerprint density at radius 3 is 1.63 bits per heavy atom. The fourth-order valence-electron chi connectivity index (χ4n) is 4.84. The van der Waals surface area contributed by atoms with E-state index in [-0.39, 0.29) is 64.8 Å². The van der Waals surface area contributed by atoms with Crippen LogP contribution in [-0.4, -0.2) is 68.8 Å². The maximum Gasteiger partial charge on any atom is 2.00 e. The topological polar surface area (TPSA) is 173 Å². The number of benzene rings is 4. The zero-order valence-electron chi connectivity index (χ0n) is 27.8. The Labute approximate surface area is 319 Å². The van der Waals surface area contributed by atoms with Gasteiger partial charge in [-0.05, 0) is 91.4 Å². The van der Waals surface area contributed by atoms with Crippen molar-refractivity contribution in [3.05, 3.63) is 96.1 Å². The Morgan fingerprint density at radius 2 is 1.12 bits per heavy atom. The van der Waals surface area contributed by atoms with Gasteiger partial charge in [0.2, 0.25) is 0 Å². The molecule has 10 nitrogen and oxygen atoms in total. The molecule has 0 atom stereocenters. The van der Waals surface area contributed by atoms with Crippen LogP contribution in [0.5, 0.6) is 34.5 Å². The van der Waals surface area contributed by atoms with E-state index in [1.54, 1.807) is 30.3 Å². The standard InChI is InChI=1S/2C18H22O5S.Ca/c2*1-2-3-4-5-7-14-12-15(19)10-11-18(14)23-16-8-6-9-17(13-16)24(20,21)22;/h2*6,8-13,19H,2-5,7H2,1H3,(H,20,21,22);/q;;+2/p-2. The molecule has 0 aliphatic carbocycles. The second kappa shape index (κ2) is 20.7. The summed E-state index contributed by atoms with van der Waals surface area (Å²) in [6.07, 6.45) is 10.1. The van der Waals surface area contributed by atoms with Crippen LogP contribution in [0.1, 0.15) is 76.3 Å². The van der Waals surface area contributed by atoms with E-state index in [1.165, 1.54) is 54.6 Å². The van der Waals surface area contributed by atoms with Crippen molar-refractivity contribution < 1.29 is 45.6 Å². The van der Waals surface area contributed by atoms with Gasteiger partial charge in [0.1, 0.15) is 38.9 Å². The van der Waals surface area contributed by atoms with E-state index in [1.807, 2.05) is 0 Å². The number of hydrogen-bond donors (Lipinski definition) is 2. The molecule has 0 saturated carbocycles. The molecule has 0 aromatic heterocycles. The molecule has 260 valence electrons. The van der Waals surface area contributed by atoms with Crippen molar-refractivity contribution in [2.75, 3.05) is 0 Å². The number of rotatable bonds is 16. The predicted molar refractivity (Wildman–Crippen MR) is 186 cm³/mol. The minimum atomic E-state index is -4.53. The number of aryl methyl sites for hydroxylation is 2. The van der Waals surface area contributed by atoms with Crippen LogP contribution in [0, 0.1) is 0 Å². The van der Waals surface area contributed by atoms with Crippen molar-refractivity contribution in [2.45, 2.75) is 87.8 Å². The van der Waals surface area contributed by atoms with Crippen LogP contribution >= 0.6 is 0 Å². The smallest absolute Gasteiger partial charge is 0.872 e. The first kappa shape index (κ1) is 42.3. The minimum Gasteiger partial charge on any atom is -0.872 e. The Hall–Kier alpha value is -2.84. The van der Waals surface area contributed by atoms with Gasteiger partial charge in [-0.2, -0.15) is 8.42 Å². The molecular formula is C36H42CaO10S2. The molecule has 0 heterocycles. The molecule has 0 amide bonds. The molecule has 49 heavy (non-hydrogen) atoms. The van der Waals surface area contributed by atoms with Gasteiger partial charge in [-0.1, -0.05) is 76.6 Å². The van der Waals surface area contributed by atoms with Crippen LogP contribution in [0.3, 0.4) is 0 Å². The van der Waals surface area contributed by atoms with Gasteiger partial charge in [0.15, 0.2) is 0 Å². The van der Waals surface area contributed by atoms with Crippen LogP contribution in [0.15, 0.2) is 94.7 Å². The molecule has 2 N–H and O–H groups in total. The second-order valence-electron chi connectivity index (χ2n) is 11.3. The molecule has 0 fully saturated rings. The van der Waals surface area contributed by atoms with Gasteiger partial charge in [-0.15, -0.1) is 5.75 Å². The summed E-state index contributed by atoms with van der Waals surface area (Å²) in [4.78, 5) is -0.562. The Bertz CT molecular complexity index is 1710. The summed E-state index contributed by atoms with van der Waals surface area (Å²) in [5, 5.41) is 21.3. The summed E-state index contributed by atoms with van der Waals surface area (Å²) in [5.74, 6) is 1.71. The van der Waals surface area contributed by atoms with E-state index in [9.17, 15) is 31.6 Å². The van der Waals surface area contributed by atoms with Crippen molar-refractivity contribution in [2.24, 2.45) is 0 Å². The van der Waals surface area contributed by atoms with Crippen LogP contribution in [-0.2, 0) is 33.1 Å². The number of phenolic OH excluding ortho intramolecular Hbond substituents is 1. The number of hydrogen-bond acceptors (Lipinski definition) is 9. The average Bonchev–Trinajstić information content (AvgIpc) is 3.03. The van der Waals surface area contributed by atoms with E-state index in [2.05, 4.69) is 13.8 Å². The molecule has 4 aromatic carbocycles. The largest absolute Gasteiger partial charge is 2.00 e. The second-order valence-corrected chi connectivity index (χ2v) is 14.1. The Morgan fingerprint density at radius 1 is 0.633 bits per heavy atom. The third-order valence-electron chi connectivity index (χ3n) is 7.33. The molecule has 0 saturated heterocycles. The van der Waals surface area contributed by atoms with Gasteiger partial charge < -0.3 is 24.2 Å². The van der Waals surface area contributed by atoms with Gasteiger partial charge in [0.25, 0.3) is 10.1 Å². The molecule has 4 rings (SSSR count). The van der Waals surface area contributed by atoms with Gasteiger partial charge >= 0.3 is 37.7 Å². The SMILES string of the molecule is CCCCCCc1cc(O)ccc1Oc1cccc(S(=O)(=O)O)c1.CCCCCCc1cc([O-])ccc1Oc1cccc(S(=O)(=O)[O-])c1.[Ca+2]. The first-order valence-electron chi connectivity index (χ1n) is 15.9. The summed E-state index contributed by atoms with van der Waals surface area (Å²) in [5.41, 5.74) is 1.65. The molecule has 0 radical (unpaired) electrons. The third-order valence-corrected chi connectivity index (χ3v) is 9.01. The average molecular weight is 739 g/mol. The summed E-state index contributed by atoms with van der Waals surface area (Å²) in [7, 11) is -8.81. The normalized spacial score (nSPS) is 11.2. The number of aromatic hydroxyl groups is 1. The van der Waals surface area contributed by atoms with Gasteiger partial charge in [-0.25, -0.2) is 8.42 Å². The van der Waals surface area contributed by atoms with Gasteiger partial charge in [0.05, 0.1) is 9.79 Å². The molecule has 0 spiro atoms. The zero-order chi connectivity index (χ0) is 35.2. The van der Waals surface area contributed by atoms with E-state index in [0.717, 1.165) is 68.9 Å². The maximum atomic E-state index is 11.6.